The number of carbonyl (C=O) groups is 1. The standard InChI is InChI=1S/C25H29N3O4S/c1-19-9-11-20(12-10-19)23-18-26-25(32-23)14-13-24(29)27-21-7-6-8-22(17-21)33(30,31)28-15-4-2-3-5-16-28/h6-12,17-18H,2-5,13-16H2,1H3,(H,27,29). The van der Waals surface area contributed by atoms with Gasteiger partial charge in [0.2, 0.25) is 15.9 Å². The van der Waals surface area contributed by atoms with Crippen LogP contribution in [0.15, 0.2) is 64.0 Å². The predicted molar refractivity (Wildman–Crippen MR) is 127 cm³/mol. The van der Waals surface area contributed by atoms with E-state index in [-0.39, 0.29) is 17.2 Å². The molecule has 0 bridgehead atoms. The van der Waals surface area contributed by atoms with E-state index in [1.807, 2.05) is 31.2 Å². The van der Waals surface area contributed by atoms with Gasteiger partial charge in [-0.05, 0) is 38.0 Å². The van der Waals surface area contributed by atoms with Gasteiger partial charge in [0.1, 0.15) is 0 Å². The minimum Gasteiger partial charge on any atom is -0.441 e. The van der Waals surface area contributed by atoms with Crippen molar-refractivity contribution in [2.45, 2.75) is 50.3 Å². The lowest BCUT2D eigenvalue weighted by atomic mass is 10.1. The van der Waals surface area contributed by atoms with E-state index < -0.39 is 10.0 Å². The summed E-state index contributed by atoms with van der Waals surface area (Å²) < 4.78 is 33.4. The Labute approximate surface area is 194 Å². The first-order chi connectivity index (χ1) is 15.9. The van der Waals surface area contributed by atoms with Crippen molar-refractivity contribution in [1.29, 1.82) is 0 Å². The molecule has 0 spiro atoms. The molecule has 1 N–H and O–H groups in total. The summed E-state index contributed by atoms with van der Waals surface area (Å²) in [5.74, 6) is 0.921. The van der Waals surface area contributed by atoms with E-state index >= 15 is 0 Å². The Hall–Kier alpha value is -2.97. The van der Waals surface area contributed by atoms with Crippen molar-refractivity contribution in [2.24, 2.45) is 0 Å². The zero-order valence-corrected chi connectivity index (χ0v) is 19.6. The molecule has 2 aromatic carbocycles. The van der Waals surface area contributed by atoms with Gasteiger partial charge >= 0.3 is 0 Å². The van der Waals surface area contributed by atoms with Crippen LogP contribution in [0.1, 0.15) is 43.6 Å². The van der Waals surface area contributed by atoms with Crippen molar-refractivity contribution >= 4 is 21.6 Å². The Balaban J connectivity index is 1.36. The van der Waals surface area contributed by atoms with Crippen molar-refractivity contribution in [2.75, 3.05) is 18.4 Å². The molecule has 1 fully saturated rings. The number of aromatic nitrogens is 1. The van der Waals surface area contributed by atoms with Crippen LogP contribution in [-0.4, -0.2) is 36.7 Å². The molecule has 0 atom stereocenters. The third-order valence-corrected chi connectivity index (χ3v) is 7.67. The van der Waals surface area contributed by atoms with Gasteiger partial charge in [0, 0.05) is 37.2 Å². The molecule has 174 valence electrons. The summed E-state index contributed by atoms with van der Waals surface area (Å²) in [6.45, 7) is 3.10. The molecule has 3 aromatic rings. The Kier molecular flexibility index (Phi) is 7.25. The van der Waals surface area contributed by atoms with Gasteiger partial charge in [0.15, 0.2) is 11.7 Å². The summed E-state index contributed by atoms with van der Waals surface area (Å²) in [6, 6.07) is 14.4. The van der Waals surface area contributed by atoms with E-state index in [0.717, 1.165) is 31.2 Å². The van der Waals surface area contributed by atoms with Crippen LogP contribution < -0.4 is 5.32 Å². The van der Waals surface area contributed by atoms with Gasteiger partial charge in [0.25, 0.3) is 0 Å². The Morgan fingerprint density at radius 1 is 1.06 bits per heavy atom. The Bertz CT molecular complexity index is 1190. The predicted octanol–water partition coefficient (Wildman–Crippen LogP) is 4.79. The molecule has 1 aliphatic heterocycles. The van der Waals surface area contributed by atoms with Crippen molar-refractivity contribution in [3.05, 3.63) is 66.2 Å². The molecule has 1 amide bonds. The normalized spacial score (nSPS) is 15.2. The summed E-state index contributed by atoms with van der Waals surface area (Å²) in [6.07, 6.45) is 6.05. The SMILES string of the molecule is Cc1ccc(-c2cnc(CCC(=O)Nc3cccc(S(=O)(=O)N4CCCCCC4)c3)o2)cc1. The van der Waals surface area contributed by atoms with E-state index in [2.05, 4.69) is 10.3 Å². The van der Waals surface area contributed by atoms with Crippen LogP contribution in [0.3, 0.4) is 0 Å². The molecule has 0 radical (unpaired) electrons. The van der Waals surface area contributed by atoms with Crippen LogP contribution in [0.5, 0.6) is 0 Å². The number of nitrogens with one attached hydrogen (secondary N) is 1. The summed E-state index contributed by atoms with van der Waals surface area (Å²) >= 11 is 0. The second-order valence-corrected chi connectivity index (χ2v) is 10.3. The van der Waals surface area contributed by atoms with Gasteiger partial charge in [-0.25, -0.2) is 13.4 Å². The molecule has 2 heterocycles. The number of sulfonamides is 1. The second-order valence-electron chi connectivity index (χ2n) is 8.38. The molecule has 0 unspecified atom stereocenters. The lowest BCUT2D eigenvalue weighted by Gasteiger charge is -2.20. The van der Waals surface area contributed by atoms with Crippen LogP contribution >= 0.6 is 0 Å². The van der Waals surface area contributed by atoms with Crippen LogP contribution in [-0.2, 0) is 21.2 Å². The highest BCUT2D eigenvalue weighted by Gasteiger charge is 2.25. The fraction of sp³-hybridized carbons (Fsp3) is 0.360. The van der Waals surface area contributed by atoms with E-state index in [1.54, 1.807) is 28.7 Å². The van der Waals surface area contributed by atoms with Gasteiger partial charge in [-0.15, -0.1) is 0 Å². The number of carbonyl (C=O) groups excluding carboxylic acids is 1. The molecule has 0 aliphatic carbocycles. The van der Waals surface area contributed by atoms with Crippen LogP contribution in [0, 0.1) is 6.92 Å². The van der Waals surface area contributed by atoms with E-state index in [1.165, 1.54) is 11.6 Å². The zero-order valence-electron chi connectivity index (χ0n) is 18.8. The maximum Gasteiger partial charge on any atom is 0.243 e. The molecule has 33 heavy (non-hydrogen) atoms. The van der Waals surface area contributed by atoms with Crippen LogP contribution in [0.2, 0.25) is 0 Å². The Morgan fingerprint density at radius 2 is 1.79 bits per heavy atom. The largest absolute Gasteiger partial charge is 0.441 e. The third-order valence-electron chi connectivity index (χ3n) is 5.78. The average molecular weight is 468 g/mol. The summed E-state index contributed by atoms with van der Waals surface area (Å²) in [4.78, 5) is 16.9. The van der Waals surface area contributed by atoms with E-state index in [0.29, 0.717) is 36.8 Å². The van der Waals surface area contributed by atoms with Crippen molar-refractivity contribution in [3.8, 4) is 11.3 Å². The number of hydrogen-bond acceptors (Lipinski definition) is 5. The molecular formula is C25H29N3O4S. The van der Waals surface area contributed by atoms with Crippen LogP contribution in [0.4, 0.5) is 5.69 Å². The van der Waals surface area contributed by atoms with Gasteiger partial charge in [-0.2, -0.15) is 4.31 Å². The number of rotatable bonds is 7. The molecule has 8 heteroatoms. The second kappa shape index (κ2) is 10.3. The summed E-state index contributed by atoms with van der Waals surface area (Å²) in [5, 5.41) is 2.79. The third kappa shape index (κ3) is 5.89. The lowest BCUT2D eigenvalue weighted by Crippen LogP contribution is -2.32. The fourth-order valence-electron chi connectivity index (χ4n) is 3.89. The van der Waals surface area contributed by atoms with E-state index in [4.69, 9.17) is 4.42 Å². The topological polar surface area (TPSA) is 92.5 Å². The van der Waals surface area contributed by atoms with Gasteiger partial charge < -0.3 is 9.73 Å². The quantitative estimate of drug-likeness (QED) is 0.540. The molecular weight excluding hydrogens is 438 g/mol. The number of hydrogen-bond donors (Lipinski definition) is 1. The van der Waals surface area contributed by atoms with Crippen molar-refractivity contribution < 1.29 is 17.6 Å². The lowest BCUT2D eigenvalue weighted by molar-refractivity contribution is -0.116. The molecule has 1 saturated heterocycles. The highest BCUT2D eigenvalue weighted by Crippen LogP contribution is 2.24. The fourth-order valence-corrected chi connectivity index (χ4v) is 5.45. The maximum absolute atomic E-state index is 13.0. The van der Waals surface area contributed by atoms with Crippen molar-refractivity contribution in [1.82, 2.24) is 9.29 Å². The number of benzene rings is 2. The number of nitrogens with zero attached hydrogens (tertiary/aromatic N) is 2. The van der Waals surface area contributed by atoms with Gasteiger partial charge in [-0.1, -0.05) is 48.7 Å². The smallest absolute Gasteiger partial charge is 0.243 e. The van der Waals surface area contributed by atoms with E-state index in [9.17, 15) is 13.2 Å². The van der Waals surface area contributed by atoms with Gasteiger partial charge in [0.05, 0.1) is 11.1 Å². The number of anilines is 1. The Morgan fingerprint density at radius 3 is 2.52 bits per heavy atom. The first-order valence-electron chi connectivity index (χ1n) is 11.3. The molecule has 1 aliphatic rings. The zero-order chi connectivity index (χ0) is 23.3. The number of oxazole rings is 1. The average Bonchev–Trinajstić information content (AvgIpc) is 3.10. The van der Waals surface area contributed by atoms with Crippen molar-refractivity contribution in [3.63, 3.8) is 0 Å². The first-order valence-corrected chi connectivity index (χ1v) is 12.8. The number of aryl methyl sites for hydroxylation is 2. The molecule has 0 saturated carbocycles. The minimum atomic E-state index is -3.57. The molecule has 7 nitrogen and oxygen atoms in total. The number of amides is 1. The highest BCUT2D eigenvalue weighted by atomic mass is 32.2. The van der Waals surface area contributed by atoms with Crippen LogP contribution in [0.25, 0.3) is 11.3 Å². The molecule has 4 rings (SSSR count). The van der Waals surface area contributed by atoms with Gasteiger partial charge in [-0.3, -0.25) is 4.79 Å². The first kappa shape index (κ1) is 23.2. The summed E-state index contributed by atoms with van der Waals surface area (Å²) in [7, 11) is -3.57. The highest BCUT2D eigenvalue weighted by molar-refractivity contribution is 7.89. The maximum atomic E-state index is 13.0. The minimum absolute atomic E-state index is 0.178. The monoisotopic (exact) mass is 467 g/mol. The summed E-state index contributed by atoms with van der Waals surface area (Å²) in [5.41, 5.74) is 2.56. The molecule has 1 aromatic heterocycles.